The number of piperidine rings is 1. The van der Waals surface area contributed by atoms with Crippen molar-refractivity contribution < 1.29 is 0 Å². The monoisotopic (exact) mass is 447 g/mol. The second kappa shape index (κ2) is 10.3. The molecule has 0 spiro atoms. The molecular weight excluding hydrogens is 422 g/mol. The highest BCUT2D eigenvalue weighted by molar-refractivity contribution is 7.13. The maximum Gasteiger partial charge on any atom is 0.251 e. The minimum absolute atomic E-state index is 0.108. The lowest BCUT2D eigenvalue weighted by Gasteiger charge is -2.31. The Kier molecular flexibility index (Phi) is 6.98. The lowest BCUT2D eigenvalue weighted by molar-refractivity contribution is 0.194. The molecule has 1 aliphatic heterocycles. The molecule has 3 aromatic heterocycles. The van der Waals surface area contributed by atoms with Crippen LogP contribution in [0.15, 0.2) is 76.3 Å². The number of aromatic nitrogens is 4. The zero-order chi connectivity index (χ0) is 22.3. The van der Waals surface area contributed by atoms with Crippen LogP contribution in [0.2, 0.25) is 0 Å². The van der Waals surface area contributed by atoms with E-state index in [1.165, 1.54) is 6.20 Å². The molecule has 32 heavy (non-hydrogen) atoms. The molecule has 1 N–H and O–H groups in total. The van der Waals surface area contributed by atoms with Crippen molar-refractivity contribution in [2.45, 2.75) is 25.3 Å². The van der Waals surface area contributed by atoms with Crippen molar-refractivity contribution in [2.24, 2.45) is 9.98 Å². The second-order valence-corrected chi connectivity index (χ2v) is 8.41. The van der Waals surface area contributed by atoms with Crippen LogP contribution < -0.4 is 5.56 Å². The lowest BCUT2D eigenvalue weighted by Crippen LogP contribution is -2.35. The first-order valence-corrected chi connectivity index (χ1v) is 11.3. The van der Waals surface area contributed by atoms with Crippen LogP contribution in [-0.2, 0) is 6.54 Å². The predicted octanol–water partition coefficient (Wildman–Crippen LogP) is 3.68. The van der Waals surface area contributed by atoms with E-state index in [1.54, 1.807) is 40.6 Å². The van der Waals surface area contributed by atoms with Gasteiger partial charge in [0.15, 0.2) is 0 Å². The molecule has 1 unspecified atom stereocenters. The summed E-state index contributed by atoms with van der Waals surface area (Å²) in [5, 5.41) is 1.99. The van der Waals surface area contributed by atoms with Crippen LogP contribution in [0.25, 0.3) is 10.6 Å². The molecule has 0 aliphatic carbocycles. The standard InChI is InChI=1S/C23H25N7OS/c1-3-9-25-23(24-4-2)30-15-18(26-16-30)14-29-10-5-7-17(13-29)22-27-19(12-21(31)28-22)20-8-6-11-32-20/h3-4,6,8-9,11-12,15-17H,1-2,5,7,10,13-14H2,(H,27,28,31). The van der Waals surface area contributed by atoms with Gasteiger partial charge in [-0.25, -0.2) is 20.0 Å². The molecule has 4 heterocycles. The summed E-state index contributed by atoms with van der Waals surface area (Å²) < 4.78 is 1.77. The molecule has 0 radical (unpaired) electrons. The van der Waals surface area contributed by atoms with Crippen LogP contribution in [-0.4, -0.2) is 49.7 Å². The summed E-state index contributed by atoms with van der Waals surface area (Å²) in [6, 6.07) is 5.53. The van der Waals surface area contributed by atoms with Crippen molar-refractivity contribution in [1.82, 2.24) is 24.4 Å². The zero-order valence-corrected chi connectivity index (χ0v) is 18.5. The van der Waals surface area contributed by atoms with Crippen molar-refractivity contribution >= 4 is 23.5 Å². The lowest BCUT2D eigenvalue weighted by atomic mass is 9.97. The number of aromatic amines is 1. The maximum absolute atomic E-state index is 12.3. The SMILES string of the molecule is C=CC=NC(=NC=C)n1cnc(CN2CCCC(c3nc(-c4cccs4)cc(=O)[nH]3)C2)c1. The van der Waals surface area contributed by atoms with E-state index in [0.29, 0.717) is 12.5 Å². The summed E-state index contributed by atoms with van der Waals surface area (Å²) in [6.45, 7) is 9.76. The smallest absolute Gasteiger partial charge is 0.251 e. The third-order valence-corrected chi connectivity index (χ3v) is 6.07. The molecule has 1 fully saturated rings. The van der Waals surface area contributed by atoms with Crippen molar-refractivity contribution in [3.8, 4) is 10.6 Å². The highest BCUT2D eigenvalue weighted by Crippen LogP contribution is 2.27. The summed E-state index contributed by atoms with van der Waals surface area (Å²) in [5.74, 6) is 1.41. The fraction of sp³-hybridized carbons (Fsp3) is 0.261. The number of rotatable bonds is 6. The van der Waals surface area contributed by atoms with Gasteiger partial charge < -0.3 is 4.98 Å². The van der Waals surface area contributed by atoms with E-state index >= 15 is 0 Å². The third kappa shape index (κ3) is 5.24. The van der Waals surface area contributed by atoms with Gasteiger partial charge in [-0.05, 0) is 30.8 Å². The zero-order valence-electron chi connectivity index (χ0n) is 17.7. The van der Waals surface area contributed by atoms with Gasteiger partial charge >= 0.3 is 0 Å². The Bertz CT molecular complexity index is 1190. The molecule has 9 heteroatoms. The molecule has 8 nitrogen and oxygen atoms in total. The van der Waals surface area contributed by atoms with Gasteiger partial charge in [0.2, 0.25) is 5.96 Å². The number of likely N-dealkylation sites (tertiary alicyclic amines) is 1. The predicted molar refractivity (Wildman–Crippen MR) is 129 cm³/mol. The molecular formula is C23H25N7OS. The van der Waals surface area contributed by atoms with E-state index in [2.05, 4.69) is 38.0 Å². The molecule has 0 amide bonds. The average Bonchev–Trinajstić information content (AvgIpc) is 3.49. The van der Waals surface area contributed by atoms with Crippen LogP contribution in [0.5, 0.6) is 0 Å². The Labute approximate surface area is 190 Å². The first kappa shape index (κ1) is 21.8. The van der Waals surface area contributed by atoms with Crippen LogP contribution >= 0.6 is 11.3 Å². The van der Waals surface area contributed by atoms with Gasteiger partial charge in [-0.1, -0.05) is 25.3 Å². The fourth-order valence-corrected chi connectivity index (χ4v) is 4.48. The number of aliphatic imine (C=N–C) groups is 2. The van der Waals surface area contributed by atoms with E-state index in [1.807, 2.05) is 23.7 Å². The number of hydrogen-bond acceptors (Lipinski definition) is 6. The van der Waals surface area contributed by atoms with Gasteiger partial charge in [0.1, 0.15) is 12.2 Å². The average molecular weight is 448 g/mol. The Hall–Kier alpha value is -3.43. The molecule has 1 aliphatic rings. The summed E-state index contributed by atoms with van der Waals surface area (Å²) in [5.41, 5.74) is 1.55. The quantitative estimate of drug-likeness (QED) is 0.461. The largest absolute Gasteiger partial charge is 0.310 e. The van der Waals surface area contributed by atoms with Crippen LogP contribution in [0.3, 0.4) is 0 Å². The van der Waals surface area contributed by atoms with Gasteiger partial charge in [0.25, 0.3) is 5.56 Å². The summed E-state index contributed by atoms with van der Waals surface area (Å²) in [4.78, 5) is 36.3. The molecule has 0 saturated carbocycles. The van der Waals surface area contributed by atoms with Crippen LogP contribution in [0, 0.1) is 0 Å². The van der Waals surface area contributed by atoms with E-state index < -0.39 is 0 Å². The van der Waals surface area contributed by atoms with Crippen LogP contribution in [0.1, 0.15) is 30.3 Å². The van der Waals surface area contributed by atoms with Crippen molar-refractivity contribution in [3.63, 3.8) is 0 Å². The summed E-state index contributed by atoms with van der Waals surface area (Å²) in [6.07, 6.45) is 10.3. The molecule has 0 aromatic carbocycles. The highest BCUT2D eigenvalue weighted by Gasteiger charge is 2.24. The molecule has 1 atom stereocenters. The van der Waals surface area contributed by atoms with E-state index in [4.69, 9.17) is 4.98 Å². The van der Waals surface area contributed by atoms with Crippen LogP contribution in [0.4, 0.5) is 0 Å². The number of nitrogens with one attached hydrogen (secondary N) is 1. The maximum atomic E-state index is 12.3. The van der Waals surface area contributed by atoms with Gasteiger partial charge in [-0.15, -0.1) is 11.3 Å². The van der Waals surface area contributed by atoms with E-state index in [-0.39, 0.29) is 11.5 Å². The van der Waals surface area contributed by atoms with E-state index in [9.17, 15) is 4.79 Å². The number of imidazole rings is 1. The number of hydrogen-bond donors (Lipinski definition) is 1. The Morgan fingerprint density at radius 3 is 3.09 bits per heavy atom. The van der Waals surface area contributed by atoms with E-state index in [0.717, 1.165) is 48.0 Å². The summed E-state index contributed by atoms with van der Waals surface area (Å²) >= 11 is 1.59. The van der Waals surface area contributed by atoms with Crippen molar-refractivity contribution in [2.75, 3.05) is 13.1 Å². The Morgan fingerprint density at radius 1 is 1.41 bits per heavy atom. The number of thiophene rings is 1. The van der Waals surface area contributed by atoms with Gasteiger partial charge in [0.05, 0.1) is 16.3 Å². The molecule has 3 aromatic rings. The first-order valence-electron chi connectivity index (χ1n) is 10.4. The number of H-pyrrole nitrogens is 1. The first-order chi connectivity index (χ1) is 15.7. The van der Waals surface area contributed by atoms with Crippen molar-refractivity contribution in [3.05, 3.63) is 83.4 Å². The second-order valence-electron chi connectivity index (χ2n) is 7.47. The molecule has 0 bridgehead atoms. The number of nitrogens with zero attached hydrogens (tertiary/aromatic N) is 6. The van der Waals surface area contributed by atoms with Gasteiger partial charge in [-0.2, -0.15) is 0 Å². The Balaban J connectivity index is 1.48. The van der Waals surface area contributed by atoms with Crippen molar-refractivity contribution in [1.29, 1.82) is 0 Å². The Morgan fingerprint density at radius 2 is 2.31 bits per heavy atom. The summed E-state index contributed by atoms with van der Waals surface area (Å²) in [7, 11) is 0. The van der Waals surface area contributed by atoms with Gasteiger partial charge in [-0.3, -0.25) is 14.3 Å². The minimum Gasteiger partial charge on any atom is -0.310 e. The third-order valence-electron chi connectivity index (χ3n) is 5.18. The number of allylic oxidation sites excluding steroid dienone is 1. The molecule has 1 saturated heterocycles. The molecule has 164 valence electrons. The minimum atomic E-state index is -0.108. The highest BCUT2D eigenvalue weighted by atomic mass is 32.1. The fourth-order valence-electron chi connectivity index (χ4n) is 3.79. The molecule has 4 rings (SSSR count). The normalized spacial score (nSPS) is 17.6. The topological polar surface area (TPSA) is 91.5 Å². The van der Waals surface area contributed by atoms with Gasteiger partial charge in [0, 0.05) is 43.7 Å².